The van der Waals surface area contributed by atoms with Crippen molar-refractivity contribution in [2.45, 2.75) is 45.0 Å². The molecule has 0 amide bonds. The van der Waals surface area contributed by atoms with E-state index < -0.39 is 11.7 Å². The van der Waals surface area contributed by atoms with Gasteiger partial charge in [-0.15, -0.1) is 0 Å². The van der Waals surface area contributed by atoms with E-state index in [1.54, 1.807) is 6.92 Å². The fourth-order valence-electron chi connectivity index (χ4n) is 1.74. The molecule has 0 saturated heterocycles. The second-order valence-electron chi connectivity index (χ2n) is 4.88. The minimum atomic E-state index is -0.489. The standard InChI is InChI=1S/C14H23NO2/c1-11(16)12(2)17-14(3,10-15)9-13-7-5-4-6-8-13/h4-8,11-12,16H,9-10,15H2,1-3H3. The van der Waals surface area contributed by atoms with Crippen LogP contribution in [0.15, 0.2) is 30.3 Å². The van der Waals surface area contributed by atoms with Gasteiger partial charge in [-0.2, -0.15) is 0 Å². The highest BCUT2D eigenvalue weighted by molar-refractivity contribution is 5.17. The van der Waals surface area contributed by atoms with Crippen LogP contribution < -0.4 is 5.73 Å². The molecule has 0 aromatic heterocycles. The highest BCUT2D eigenvalue weighted by Gasteiger charge is 2.27. The summed E-state index contributed by atoms with van der Waals surface area (Å²) in [5.74, 6) is 0. The molecule has 3 unspecified atom stereocenters. The van der Waals surface area contributed by atoms with Gasteiger partial charge < -0.3 is 15.6 Å². The van der Waals surface area contributed by atoms with Gasteiger partial charge in [0.25, 0.3) is 0 Å². The summed E-state index contributed by atoms with van der Waals surface area (Å²) < 4.78 is 5.88. The van der Waals surface area contributed by atoms with E-state index in [1.165, 1.54) is 5.56 Å². The zero-order valence-electron chi connectivity index (χ0n) is 10.9. The Morgan fingerprint density at radius 3 is 2.35 bits per heavy atom. The van der Waals surface area contributed by atoms with Crippen LogP contribution in [-0.2, 0) is 11.2 Å². The highest BCUT2D eigenvalue weighted by atomic mass is 16.5. The average Bonchev–Trinajstić information content (AvgIpc) is 2.30. The number of rotatable bonds is 6. The van der Waals surface area contributed by atoms with Crippen LogP contribution in [0.1, 0.15) is 26.3 Å². The second kappa shape index (κ2) is 6.15. The van der Waals surface area contributed by atoms with E-state index in [0.29, 0.717) is 6.54 Å². The lowest BCUT2D eigenvalue weighted by molar-refractivity contribution is -0.109. The molecule has 0 aliphatic heterocycles. The van der Waals surface area contributed by atoms with Crippen LogP contribution in [0.4, 0.5) is 0 Å². The second-order valence-corrected chi connectivity index (χ2v) is 4.88. The van der Waals surface area contributed by atoms with Gasteiger partial charge in [-0.3, -0.25) is 0 Å². The summed E-state index contributed by atoms with van der Waals surface area (Å²) in [6, 6.07) is 10.1. The first-order valence-electron chi connectivity index (χ1n) is 6.07. The smallest absolute Gasteiger partial charge is 0.0821 e. The quantitative estimate of drug-likeness (QED) is 0.792. The van der Waals surface area contributed by atoms with Gasteiger partial charge >= 0.3 is 0 Å². The van der Waals surface area contributed by atoms with Crippen LogP contribution in [-0.4, -0.2) is 29.5 Å². The molecule has 3 heteroatoms. The predicted octanol–water partition coefficient (Wildman–Crippen LogP) is 1.73. The Labute approximate surface area is 104 Å². The first kappa shape index (κ1) is 14.2. The van der Waals surface area contributed by atoms with Crippen molar-refractivity contribution in [2.24, 2.45) is 5.73 Å². The Morgan fingerprint density at radius 2 is 1.88 bits per heavy atom. The minimum absolute atomic E-state index is 0.215. The zero-order valence-corrected chi connectivity index (χ0v) is 10.9. The molecule has 0 bridgehead atoms. The molecule has 0 radical (unpaired) electrons. The largest absolute Gasteiger partial charge is 0.391 e. The monoisotopic (exact) mass is 237 g/mol. The van der Waals surface area contributed by atoms with Crippen LogP contribution in [0.25, 0.3) is 0 Å². The number of hydrogen-bond donors (Lipinski definition) is 2. The SMILES string of the molecule is CC(O)C(C)OC(C)(CN)Cc1ccccc1. The summed E-state index contributed by atoms with van der Waals surface area (Å²) in [5, 5.41) is 9.48. The number of benzene rings is 1. The van der Waals surface area contributed by atoms with Crippen molar-refractivity contribution in [3.8, 4) is 0 Å². The topological polar surface area (TPSA) is 55.5 Å². The Bertz CT molecular complexity index is 326. The van der Waals surface area contributed by atoms with E-state index in [-0.39, 0.29) is 6.10 Å². The van der Waals surface area contributed by atoms with Crippen LogP contribution >= 0.6 is 0 Å². The van der Waals surface area contributed by atoms with Crippen LogP contribution in [0.2, 0.25) is 0 Å². The first-order valence-corrected chi connectivity index (χ1v) is 6.07. The third kappa shape index (κ3) is 4.46. The number of nitrogens with two attached hydrogens (primary N) is 1. The zero-order chi connectivity index (χ0) is 12.9. The van der Waals surface area contributed by atoms with Crippen molar-refractivity contribution >= 4 is 0 Å². The number of aliphatic hydroxyl groups is 1. The molecule has 0 spiro atoms. The fraction of sp³-hybridized carbons (Fsp3) is 0.571. The Kier molecular flexibility index (Phi) is 5.12. The fourth-order valence-corrected chi connectivity index (χ4v) is 1.74. The van der Waals surface area contributed by atoms with Crippen molar-refractivity contribution < 1.29 is 9.84 Å². The summed E-state index contributed by atoms with van der Waals surface area (Å²) in [6.07, 6.45) is 0.0467. The highest BCUT2D eigenvalue weighted by Crippen LogP contribution is 2.19. The normalized spacial score (nSPS) is 18.4. The van der Waals surface area contributed by atoms with E-state index in [0.717, 1.165) is 6.42 Å². The van der Waals surface area contributed by atoms with E-state index in [4.69, 9.17) is 10.5 Å². The molecule has 0 heterocycles. The molecular formula is C14H23NO2. The number of ether oxygens (including phenoxy) is 1. The molecule has 3 nitrogen and oxygen atoms in total. The first-order chi connectivity index (χ1) is 7.97. The van der Waals surface area contributed by atoms with Gasteiger partial charge in [0.05, 0.1) is 17.8 Å². The maximum atomic E-state index is 9.48. The Balaban J connectivity index is 2.69. The Morgan fingerprint density at radius 1 is 1.29 bits per heavy atom. The minimum Gasteiger partial charge on any atom is -0.391 e. The molecule has 96 valence electrons. The third-order valence-electron chi connectivity index (χ3n) is 3.00. The summed E-state index contributed by atoms with van der Waals surface area (Å²) in [4.78, 5) is 0. The van der Waals surface area contributed by atoms with E-state index in [1.807, 2.05) is 32.0 Å². The van der Waals surface area contributed by atoms with E-state index >= 15 is 0 Å². The molecule has 1 rings (SSSR count). The summed E-state index contributed by atoms with van der Waals surface area (Å²) in [7, 11) is 0. The molecule has 3 atom stereocenters. The summed E-state index contributed by atoms with van der Waals surface area (Å²) in [5.41, 5.74) is 6.56. The van der Waals surface area contributed by atoms with Crippen molar-refractivity contribution in [1.82, 2.24) is 0 Å². The lowest BCUT2D eigenvalue weighted by Gasteiger charge is -2.33. The maximum Gasteiger partial charge on any atom is 0.0821 e. The lowest BCUT2D eigenvalue weighted by atomic mass is 9.96. The molecule has 0 fully saturated rings. The van der Waals surface area contributed by atoms with Crippen LogP contribution in [0, 0.1) is 0 Å². The molecule has 1 aromatic carbocycles. The summed E-state index contributed by atoms with van der Waals surface area (Å²) in [6.45, 7) is 6.01. The van der Waals surface area contributed by atoms with Gasteiger partial charge in [0.1, 0.15) is 0 Å². The van der Waals surface area contributed by atoms with Gasteiger partial charge in [-0.05, 0) is 26.3 Å². The molecule has 3 N–H and O–H groups in total. The molecule has 0 aliphatic carbocycles. The number of aliphatic hydroxyl groups excluding tert-OH is 1. The molecule has 0 saturated carbocycles. The van der Waals surface area contributed by atoms with E-state index in [2.05, 4.69) is 12.1 Å². The van der Waals surface area contributed by atoms with Gasteiger partial charge in [0.15, 0.2) is 0 Å². The van der Waals surface area contributed by atoms with Crippen LogP contribution in [0.3, 0.4) is 0 Å². The Hall–Kier alpha value is -0.900. The molecule has 17 heavy (non-hydrogen) atoms. The molecule has 1 aromatic rings. The van der Waals surface area contributed by atoms with Crippen molar-refractivity contribution in [1.29, 1.82) is 0 Å². The molecular weight excluding hydrogens is 214 g/mol. The van der Waals surface area contributed by atoms with Gasteiger partial charge in [0.2, 0.25) is 0 Å². The van der Waals surface area contributed by atoms with Crippen molar-refractivity contribution in [3.05, 3.63) is 35.9 Å². The third-order valence-corrected chi connectivity index (χ3v) is 3.00. The van der Waals surface area contributed by atoms with E-state index in [9.17, 15) is 5.11 Å². The van der Waals surface area contributed by atoms with Gasteiger partial charge in [-0.25, -0.2) is 0 Å². The molecule has 0 aliphatic rings. The van der Waals surface area contributed by atoms with Crippen molar-refractivity contribution in [3.63, 3.8) is 0 Å². The van der Waals surface area contributed by atoms with Gasteiger partial charge in [-0.1, -0.05) is 30.3 Å². The number of hydrogen-bond acceptors (Lipinski definition) is 3. The van der Waals surface area contributed by atoms with Gasteiger partial charge in [0, 0.05) is 13.0 Å². The lowest BCUT2D eigenvalue weighted by Crippen LogP contribution is -2.44. The van der Waals surface area contributed by atoms with Crippen molar-refractivity contribution in [2.75, 3.05) is 6.54 Å². The maximum absolute atomic E-state index is 9.48. The average molecular weight is 237 g/mol. The predicted molar refractivity (Wildman–Crippen MR) is 69.8 cm³/mol. The summed E-state index contributed by atoms with van der Waals surface area (Å²) >= 11 is 0. The van der Waals surface area contributed by atoms with Crippen LogP contribution in [0.5, 0.6) is 0 Å².